The maximum absolute atomic E-state index is 11.9. The van der Waals surface area contributed by atoms with Gasteiger partial charge in [0.25, 0.3) is 0 Å². The highest BCUT2D eigenvalue weighted by Gasteiger charge is 2.15. The average Bonchev–Trinajstić information content (AvgIpc) is 2.32. The lowest BCUT2D eigenvalue weighted by molar-refractivity contribution is -0.115. The van der Waals surface area contributed by atoms with Gasteiger partial charge in [0.2, 0.25) is 5.91 Å². The molecule has 0 bridgehead atoms. The number of hydrogen-bond donors (Lipinski definition) is 2. The predicted octanol–water partition coefficient (Wildman–Crippen LogP) is 2.03. The van der Waals surface area contributed by atoms with Gasteiger partial charge in [0.15, 0.2) is 0 Å². The van der Waals surface area contributed by atoms with Crippen molar-refractivity contribution in [2.24, 2.45) is 0 Å². The van der Waals surface area contributed by atoms with E-state index in [1.807, 2.05) is 0 Å². The zero-order chi connectivity index (χ0) is 15.3. The molecule has 1 unspecified atom stereocenters. The number of hydrogen-bond acceptors (Lipinski definition) is 5. The number of benzene rings is 1. The third kappa shape index (κ3) is 6.02. The number of sulfone groups is 1. The summed E-state index contributed by atoms with van der Waals surface area (Å²) in [7, 11) is -3.00. The van der Waals surface area contributed by atoms with E-state index in [1.165, 1.54) is 18.0 Å². The first kappa shape index (κ1) is 17.1. The zero-order valence-corrected chi connectivity index (χ0v) is 13.6. The molecule has 3 N–H and O–H groups in total. The Hall–Kier alpha value is -0.920. The number of rotatable bonds is 6. The highest BCUT2D eigenvalue weighted by Crippen LogP contribution is 2.23. The Kier molecular flexibility index (Phi) is 6.16. The lowest BCUT2D eigenvalue weighted by Gasteiger charge is -2.12. The molecule has 0 heterocycles. The van der Waals surface area contributed by atoms with E-state index in [9.17, 15) is 13.2 Å². The molecule has 0 aliphatic rings. The van der Waals surface area contributed by atoms with E-state index in [2.05, 4.69) is 5.32 Å². The molecule has 1 aromatic rings. The van der Waals surface area contributed by atoms with Crippen LogP contribution >= 0.6 is 23.4 Å². The van der Waals surface area contributed by atoms with Crippen LogP contribution in [0.2, 0.25) is 5.02 Å². The standard InChI is InChI=1S/C12H17ClN2O3S2/c1-8(19-5-6-20(2,17)18)12(16)15-9-3-4-10(13)11(14)7-9/h3-4,7-8H,5-6,14H2,1-2H3,(H,15,16). The molecule has 0 aromatic heterocycles. The topological polar surface area (TPSA) is 89.3 Å². The molecule has 0 fully saturated rings. The summed E-state index contributed by atoms with van der Waals surface area (Å²) in [6, 6.07) is 4.84. The Bertz CT molecular complexity index is 590. The molecule has 8 heteroatoms. The van der Waals surface area contributed by atoms with Gasteiger partial charge in [-0.15, -0.1) is 11.8 Å². The summed E-state index contributed by atoms with van der Waals surface area (Å²) in [5.41, 5.74) is 6.60. The van der Waals surface area contributed by atoms with Crippen molar-refractivity contribution in [1.82, 2.24) is 0 Å². The molecule has 0 aliphatic heterocycles. The minimum absolute atomic E-state index is 0.0587. The minimum Gasteiger partial charge on any atom is -0.397 e. The van der Waals surface area contributed by atoms with Gasteiger partial charge in [0.1, 0.15) is 9.84 Å². The van der Waals surface area contributed by atoms with E-state index in [0.717, 1.165) is 0 Å². The van der Waals surface area contributed by atoms with Crippen LogP contribution in [0.15, 0.2) is 18.2 Å². The van der Waals surface area contributed by atoms with E-state index in [-0.39, 0.29) is 16.9 Å². The van der Waals surface area contributed by atoms with Crippen LogP contribution in [0.3, 0.4) is 0 Å². The van der Waals surface area contributed by atoms with Crippen LogP contribution in [0, 0.1) is 0 Å². The van der Waals surface area contributed by atoms with Crippen molar-refractivity contribution in [3.63, 3.8) is 0 Å². The number of thioether (sulfide) groups is 1. The third-order valence-electron chi connectivity index (χ3n) is 2.45. The van der Waals surface area contributed by atoms with Crippen molar-refractivity contribution >= 4 is 50.5 Å². The van der Waals surface area contributed by atoms with Gasteiger partial charge < -0.3 is 11.1 Å². The average molecular weight is 337 g/mol. The molecule has 0 aliphatic carbocycles. The molecule has 5 nitrogen and oxygen atoms in total. The minimum atomic E-state index is -3.00. The van der Waals surface area contributed by atoms with Crippen LogP contribution < -0.4 is 11.1 Å². The number of anilines is 2. The van der Waals surface area contributed by atoms with Crippen LogP contribution in [0.1, 0.15) is 6.92 Å². The van der Waals surface area contributed by atoms with E-state index in [0.29, 0.717) is 22.2 Å². The second-order valence-electron chi connectivity index (χ2n) is 4.37. The van der Waals surface area contributed by atoms with E-state index in [4.69, 9.17) is 17.3 Å². The molecule has 1 aromatic carbocycles. The molecule has 20 heavy (non-hydrogen) atoms. The van der Waals surface area contributed by atoms with Crippen LogP contribution in [-0.2, 0) is 14.6 Å². The lowest BCUT2D eigenvalue weighted by atomic mass is 10.2. The summed E-state index contributed by atoms with van der Waals surface area (Å²) >= 11 is 7.08. The Morgan fingerprint density at radius 2 is 2.15 bits per heavy atom. The number of amides is 1. The monoisotopic (exact) mass is 336 g/mol. The summed E-state index contributed by atoms with van der Waals surface area (Å²) in [4.78, 5) is 11.9. The van der Waals surface area contributed by atoms with Gasteiger partial charge in [-0.1, -0.05) is 11.6 Å². The van der Waals surface area contributed by atoms with Gasteiger partial charge in [-0.3, -0.25) is 4.79 Å². The van der Waals surface area contributed by atoms with Gasteiger partial charge >= 0.3 is 0 Å². The molecular weight excluding hydrogens is 320 g/mol. The molecule has 0 spiro atoms. The van der Waals surface area contributed by atoms with Crippen LogP contribution in [0.5, 0.6) is 0 Å². The van der Waals surface area contributed by atoms with Crippen molar-refractivity contribution in [2.45, 2.75) is 12.2 Å². The largest absolute Gasteiger partial charge is 0.397 e. The van der Waals surface area contributed by atoms with Crippen LogP contribution in [0.4, 0.5) is 11.4 Å². The first-order chi connectivity index (χ1) is 9.19. The normalized spacial score (nSPS) is 12.9. The van der Waals surface area contributed by atoms with Crippen molar-refractivity contribution in [1.29, 1.82) is 0 Å². The Labute approximate surface area is 128 Å². The molecule has 0 saturated carbocycles. The molecular formula is C12H17ClN2O3S2. The third-order valence-corrected chi connectivity index (χ3v) is 5.16. The Balaban J connectivity index is 2.51. The van der Waals surface area contributed by atoms with E-state index < -0.39 is 9.84 Å². The van der Waals surface area contributed by atoms with Crippen molar-refractivity contribution < 1.29 is 13.2 Å². The molecule has 1 amide bonds. The fraction of sp³-hybridized carbons (Fsp3) is 0.417. The van der Waals surface area contributed by atoms with Gasteiger partial charge in [-0.25, -0.2) is 8.42 Å². The number of nitrogens with one attached hydrogen (secondary N) is 1. The van der Waals surface area contributed by atoms with E-state index >= 15 is 0 Å². The summed E-state index contributed by atoms with van der Waals surface area (Å²) in [6.45, 7) is 1.72. The summed E-state index contributed by atoms with van der Waals surface area (Å²) in [6.07, 6.45) is 1.18. The zero-order valence-electron chi connectivity index (χ0n) is 11.2. The van der Waals surface area contributed by atoms with Gasteiger partial charge in [-0.2, -0.15) is 0 Å². The second kappa shape index (κ2) is 7.19. The number of nitrogen functional groups attached to an aromatic ring is 1. The van der Waals surface area contributed by atoms with Crippen molar-refractivity contribution in [2.75, 3.05) is 28.8 Å². The molecule has 112 valence electrons. The number of carbonyl (C=O) groups is 1. The first-order valence-electron chi connectivity index (χ1n) is 5.84. The number of nitrogens with two attached hydrogens (primary N) is 1. The smallest absolute Gasteiger partial charge is 0.237 e. The number of halogens is 1. The van der Waals surface area contributed by atoms with Crippen molar-refractivity contribution in [3.8, 4) is 0 Å². The molecule has 1 atom stereocenters. The summed E-state index contributed by atoms with van der Waals surface area (Å²) < 4.78 is 22.0. The van der Waals surface area contributed by atoms with Gasteiger partial charge in [-0.05, 0) is 25.1 Å². The SMILES string of the molecule is CC(SCCS(C)(=O)=O)C(=O)Nc1ccc(Cl)c(N)c1. The highest BCUT2D eigenvalue weighted by atomic mass is 35.5. The fourth-order valence-electron chi connectivity index (χ4n) is 1.32. The predicted molar refractivity (Wildman–Crippen MR) is 86.1 cm³/mol. The highest BCUT2D eigenvalue weighted by molar-refractivity contribution is 8.01. The maximum atomic E-state index is 11.9. The summed E-state index contributed by atoms with van der Waals surface area (Å²) in [5.74, 6) is 0.240. The van der Waals surface area contributed by atoms with Crippen LogP contribution in [-0.4, -0.2) is 37.3 Å². The maximum Gasteiger partial charge on any atom is 0.237 e. The summed E-state index contributed by atoms with van der Waals surface area (Å²) in [5, 5.41) is 2.79. The van der Waals surface area contributed by atoms with Crippen molar-refractivity contribution in [3.05, 3.63) is 23.2 Å². The van der Waals surface area contributed by atoms with Gasteiger partial charge in [0, 0.05) is 17.7 Å². The van der Waals surface area contributed by atoms with Crippen LogP contribution in [0.25, 0.3) is 0 Å². The quantitative estimate of drug-likeness (QED) is 0.776. The Morgan fingerprint density at radius 1 is 1.50 bits per heavy atom. The number of carbonyl (C=O) groups excluding carboxylic acids is 1. The fourth-order valence-corrected chi connectivity index (χ4v) is 3.59. The second-order valence-corrected chi connectivity index (χ2v) is 8.48. The first-order valence-corrected chi connectivity index (χ1v) is 9.33. The van der Waals surface area contributed by atoms with E-state index in [1.54, 1.807) is 25.1 Å². The lowest BCUT2D eigenvalue weighted by Crippen LogP contribution is -2.23. The molecule has 0 saturated heterocycles. The Morgan fingerprint density at radius 3 is 2.70 bits per heavy atom. The molecule has 1 rings (SSSR count). The molecule has 0 radical (unpaired) electrons. The van der Waals surface area contributed by atoms with Gasteiger partial charge in [0.05, 0.1) is 21.7 Å².